The zero-order chi connectivity index (χ0) is 33.6. The molecule has 4 atom stereocenters. The Bertz CT molecular complexity index is 1610. The minimum atomic E-state index is -0.880. The van der Waals surface area contributed by atoms with Gasteiger partial charge in [-0.25, -0.2) is 0 Å². The second kappa shape index (κ2) is 15.4. The molecule has 3 aromatic rings. The Morgan fingerprint density at radius 1 is 0.979 bits per heavy atom. The Labute approximate surface area is 283 Å². The van der Waals surface area contributed by atoms with E-state index in [9.17, 15) is 24.9 Å². The van der Waals surface area contributed by atoms with Crippen LogP contribution in [0.5, 0.6) is 5.75 Å². The van der Waals surface area contributed by atoms with Crippen LogP contribution in [0.2, 0.25) is 0 Å². The van der Waals surface area contributed by atoms with Crippen molar-refractivity contribution in [3.05, 3.63) is 107 Å². The molecule has 2 amide bonds. The van der Waals surface area contributed by atoms with E-state index in [1.165, 1.54) is 10.5 Å². The molecule has 2 fully saturated rings. The topological polar surface area (TPSA) is 114 Å². The van der Waals surface area contributed by atoms with Crippen molar-refractivity contribution in [1.29, 1.82) is 0 Å². The van der Waals surface area contributed by atoms with Crippen molar-refractivity contribution in [2.24, 2.45) is 17.8 Å². The third-order valence-electron chi connectivity index (χ3n) is 10.4. The molecule has 2 aliphatic heterocycles. The third-order valence-corrected chi connectivity index (χ3v) is 10.4. The van der Waals surface area contributed by atoms with Crippen LogP contribution in [0.4, 0.5) is 0 Å². The summed E-state index contributed by atoms with van der Waals surface area (Å²) in [4.78, 5) is 36.6. The quantitative estimate of drug-likeness (QED) is 0.167. The van der Waals surface area contributed by atoms with Crippen molar-refractivity contribution >= 4 is 23.5 Å². The van der Waals surface area contributed by atoms with Gasteiger partial charge in [-0.2, -0.15) is 0 Å². The summed E-state index contributed by atoms with van der Waals surface area (Å²) in [6.45, 7) is 4.27. The number of benzene rings is 2. The first-order chi connectivity index (χ1) is 23.4. The number of pyridine rings is 1. The zero-order valence-electron chi connectivity index (χ0n) is 27.7. The van der Waals surface area contributed by atoms with Gasteiger partial charge in [0.05, 0.1) is 30.2 Å². The van der Waals surface area contributed by atoms with E-state index in [1.54, 1.807) is 18.3 Å². The van der Waals surface area contributed by atoms with Gasteiger partial charge in [-0.05, 0) is 91.1 Å². The predicted molar refractivity (Wildman–Crippen MR) is 186 cm³/mol. The van der Waals surface area contributed by atoms with Gasteiger partial charge in [0.25, 0.3) is 0 Å². The molecular formula is C40H47N3O5. The number of fused-ring (bicyclic) bond motifs is 1. The molecule has 48 heavy (non-hydrogen) atoms. The average molecular weight is 650 g/mol. The summed E-state index contributed by atoms with van der Waals surface area (Å²) >= 11 is 0. The summed E-state index contributed by atoms with van der Waals surface area (Å²) in [5, 5.41) is 32.4. The molecule has 8 nitrogen and oxygen atoms in total. The largest absolute Gasteiger partial charge is 0.508 e. The molecule has 0 radical (unpaired) electrons. The second-order valence-electron chi connectivity index (χ2n) is 13.5. The Hall–Kier alpha value is -4.11. The Kier molecular flexibility index (Phi) is 10.8. The molecular weight excluding hydrogens is 602 g/mol. The summed E-state index contributed by atoms with van der Waals surface area (Å²) in [7, 11) is 0. The van der Waals surface area contributed by atoms with Gasteiger partial charge >= 0.3 is 0 Å². The highest BCUT2D eigenvalue weighted by Crippen LogP contribution is 2.48. The molecule has 0 saturated carbocycles. The monoisotopic (exact) mass is 649 g/mol. The van der Waals surface area contributed by atoms with E-state index in [0.29, 0.717) is 25.7 Å². The Morgan fingerprint density at radius 3 is 2.38 bits per heavy atom. The number of nitrogens with zero attached hydrogens (tertiary/aromatic N) is 3. The Morgan fingerprint density at radius 2 is 1.71 bits per heavy atom. The highest BCUT2D eigenvalue weighted by molar-refractivity contribution is 6.06. The van der Waals surface area contributed by atoms with Gasteiger partial charge in [0.1, 0.15) is 5.75 Å². The van der Waals surface area contributed by atoms with Gasteiger partial charge in [-0.3, -0.25) is 24.4 Å². The summed E-state index contributed by atoms with van der Waals surface area (Å²) in [5.74, 6) is -1.85. The molecule has 252 valence electrons. The fraction of sp³-hybridized carbons (Fsp3) is 0.425. The minimum absolute atomic E-state index is 0.110. The van der Waals surface area contributed by atoms with E-state index >= 15 is 0 Å². The number of allylic oxidation sites excluding steroid dienone is 2. The number of phenolic OH excluding ortho intramolecular Hbond substituents is 1. The molecule has 2 saturated heterocycles. The predicted octanol–water partition coefficient (Wildman–Crippen LogP) is 5.84. The summed E-state index contributed by atoms with van der Waals surface area (Å²) in [6, 6.07) is 22.9. The fourth-order valence-corrected chi connectivity index (χ4v) is 8.11. The van der Waals surface area contributed by atoms with E-state index in [-0.39, 0.29) is 30.2 Å². The van der Waals surface area contributed by atoms with Crippen molar-refractivity contribution in [3.63, 3.8) is 0 Å². The normalized spacial score (nSPS) is 23.1. The molecule has 0 spiro atoms. The summed E-state index contributed by atoms with van der Waals surface area (Å²) < 4.78 is 0. The van der Waals surface area contributed by atoms with E-state index in [1.807, 2.05) is 54.6 Å². The molecule has 6 rings (SSSR count). The maximum absolute atomic E-state index is 14.1. The summed E-state index contributed by atoms with van der Waals surface area (Å²) in [6.07, 6.45) is 7.23. The van der Waals surface area contributed by atoms with Gasteiger partial charge in [0, 0.05) is 37.8 Å². The average Bonchev–Trinajstić information content (AvgIpc) is 3.36. The van der Waals surface area contributed by atoms with E-state index < -0.39 is 23.9 Å². The number of phenols is 1. The summed E-state index contributed by atoms with van der Waals surface area (Å²) in [5.41, 5.74) is 5.64. The first-order valence-corrected chi connectivity index (χ1v) is 17.4. The van der Waals surface area contributed by atoms with Crippen LogP contribution in [0, 0.1) is 17.8 Å². The molecule has 1 aromatic heterocycles. The lowest BCUT2D eigenvalue weighted by Crippen LogP contribution is -2.47. The molecule has 1 aliphatic carbocycles. The number of carbonyl (C=O) groups is 2. The van der Waals surface area contributed by atoms with E-state index in [0.717, 1.165) is 66.9 Å². The van der Waals surface area contributed by atoms with Crippen LogP contribution < -0.4 is 0 Å². The highest BCUT2D eigenvalue weighted by Gasteiger charge is 2.56. The van der Waals surface area contributed by atoms with Gasteiger partial charge in [0.15, 0.2) is 0 Å². The number of carbonyl (C=O) groups excluding carboxylic acids is 2. The number of hydrogen-bond acceptors (Lipinski definition) is 7. The number of likely N-dealkylation sites (tertiary alicyclic amines) is 2. The van der Waals surface area contributed by atoms with Gasteiger partial charge in [0.2, 0.25) is 11.8 Å². The van der Waals surface area contributed by atoms with Crippen LogP contribution in [0.1, 0.15) is 68.7 Å². The molecule has 3 N–H and O–H groups in total. The third kappa shape index (κ3) is 7.31. The van der Waals surface area contributed by atoms with Gasteiger partial charge < -0.3 is 15.3 Å². The van der Waals surface area contributed by atoms with Gasteiger partial charge in [-0.1, -0.05) is 67.4 Å². The SMILES string of the molecule is CCCC1=C([C@H](O)CC/C(=C/c2ccc(O)cc2)c2ccccn2)[C@H](CO)[C@@H]2C(=O)N(C3CCN(Cc4ccccc4)CC3)C(=O)[C@@H]2C1. The number of hydrogen-bond donors (Lipinski definition) is 3. The van der Waals surface area contributed by atoms with Crippen LogP contribution >= 0.6 is 0 Å². The Balaban J connectivity index is 1.19. The number of piperidine rings is 1. The van der Waals surface area contributed by atoms with Crippen LogP contribution in [0.15, 0.2) is 90.1 Å². The number of imide groups is 1. The smallest absolute Gasteiger partial charge is 0.234 e. The van der Waals surface area contributed by atoms with E-state index in [4.69, 9.17) is 0 Å². The standard InChI is InChI=1S/C40H47N3O5/c1-2-8-30-24-33-38(40(48)43(39(33)47)31-18-21-42(22-19-31)25-28-9-4-3-5-10-28)34(26-44)37(30)36(46)17-14-29(35-11-6-7-20-41-35)23-27-12-15-32(45)16-13-27/h3-7,9-13,15-16,20,23,31,33-34,36,38,44-46H,2,8,14,17-19,21-22,24-26H2,1H3/b29-23-/t33-,34+,36-,38-/m1/s1. The van der Waals surface area contributed by atoms with Crippen LogP contribution in [0.25, 0.3) is 11.6 Å². The molecule has 2 aromatic carbocycles. The van der Waals surface area contributed by atoms with Crippen molar-refractivity contribution in [3.8, 4) is 5.75 Å². The first kappa shape index (κ1) is 33.8. The molecule has 3 heterocycles. The lowest BCUT2D eigenvalue weighted by atomic mass is 9.67. The fourth-order valence-electron chi connectivity index (χ4n) is 8.11. The van der Waals surface area contributed by atoms with Gasteiger partial charge in [-0.15, -0.1) is 0 Å². The number of aliphatic hydroxyl groups is 2. The van der Waals surface area contributed by atoms with Crippen molar-refractivity contribution in [1.82, 2.24) is 14.8 Å². The number of amides is 2. The van der Waals surface area contributed by atoms with Crippen molar-refractivity contribution in [2.45, 2.75) is 70.6 Å². The van der Waals surface area contributed by atoms with Crippen LogP contribution in [-0.2, 0) is 16.1 Å². The molecule has 8 heteroatoms. The lowest BCUT2D eigenvalue weighted by molar-refractivity contribution is -0.144. The van der Waals surface area contributed by atoms with Crippen molar-refractivity contribution < 1.29 is 24.9 Å². The molecule has 0 bridgehead atoms. The number of aromatic hydroxyl groups is 1. The minimum Gasteiger partial charge on any atom is -0.508 e. The zero-order valence-corrected chi connectivity index (χ0v) is 27.7. The van der Waals surface area contributed by atoms with Crippen LogP contribution in [-0.4, -0.2) is 73.8 Å². The number of aliphatic hydroxyl groups excluding tert-OH is 2. The van der Waals surface area contributed by atoms with Crippen molar-refractivity contribution in [2.75, 3.05) is 19.7 Å². The maximum atomic E-state index is 14.1. The number of aromatic nitrogens is 1. The second-order valence-corrected chi connectivity index (χ2v) is 13.5. The highest BCUT2D eigenvalue weighted by atomic mass is 16.3. The molecule has 0 unspecified atom stereocenters. The molecule has 3 aliphatic rings. The number of rotatable bonds is 12. The van der Waals surface area contributed by atoms with Crippen LogP contribution in [0.3, 0.4) is 0 Å². The van der Waals surface area contributed by atoms with E-state index in [2.05, 4.69) is 28.9 Å². The maximum Gasteiger partial charge on any atom is 0.234 e. The lowest BCUT2D eigenvalue weighted by Gasteiger charge is -2.37. The first-order valence-electron chi connectivity index (χ1n) is 17.4.